The quantitative estimate of drug-likeness (QED) is 0.746. The molecule has 1 unspecified atom stereocenters. The Bertz CT molecular complexity index is 778. The first-order chi connectivity index (χ1) is 12.6. The van der Waals surface area contributed by atoms with Crippen molar-refractivity contribution in [3.05, 3.63) is 35.7 Å². The Morgan fingerprint density at radius 2 is 2.27 bits per heavy atom. The fraction of sp³-hybridized carbons (Fsp3) is 0.471. The average Bonchev–Trinajstić information content (AvgIpc) is 3.26. The lowest BCUT2D eigenvalue weighted by Gasteiger charge is -2.14. The highest BCUT2D eigenvalue weighted by molar-refractivity contribution is 7.99. The molecule has 1 aliphatic rings. The molecule has 1 N–H and O–H groups in total. The molecule has 1 fully saturated rings. The van der Waals surface area contributed by atoms with Gasteiger partial charge in [-0.05, 0) is 25.0 Å². The highest BCUT2D eigenvalue weighted by atomic mass is 32.2. The summed E-state index contributed by atoms with van der Waals surface area (Å²) in [4.78, 5) is 12.1. The Hall–Kier alpha value is -2.00. The van der Waals surface area contributed by atoms with Gasteiger partial charge in [0.1, 0.15) is 17.5 Å². The zero-order chi connectivity index (χ0) is 18.5. The molecule has 2 aromatic rings. The van der Waals surface area contributed by atoms with Crippen molar-refractivity contribution < 1.29 is 18.3 Å². The Balaban J connectivity index is 1.61. The number of carbonyl (C=O) groups excluding carboxylic acids is 1. The third-order valence-corrected chi connectivity index (χ3v) is 5.02. The molecule has 26 heavy (non-hydrogen) atoms. The predicted molar refractivity (Wildman–Crippen MR) is 94.1 cm³/mol. The maximum atomic E-state index is 13.6. The van der Waals surface area contributed by atoms with Gasteiger partial charge in [0.15, 0.2) is 5.16 Å². The van der Waals surface area contributed by atoms with Crippen LogP contribution in [0.5, 0.6) is 0 Å². The number of thioether (sulfide) groups is 1. The minimum absolute atomic E-state index is 0.0458. The maximum absolute atomic E-state index is 13.6. The van der Waals surface area contributed by atoms with Gasteiger partial charge in [0, 0.05) is 19.1 Å². The molecule has 2 heterocycles. The van der Waals surface area contributed by atoms with Crippen LogP contribution >= 0.6 is 11.8 Å². The predicted octanol–water partition coefficient (Wildman–Crippen LogP) is 3.03. The topological polar surface area (TPSA) is 69.0 Å². The summed E-state index contributed by atoms with van der Waals surface area (Å²) < 4.78 is 34.2. The van der Waals surface area contributed by atoms with Crippen LogP contribution in [-0.4, -0.2) is 39.1 Å². The van der Waals surface area contributed by atoms with Gasteiger partial charge < -0.3 is 14.6 Å². The van der Waals surface area contributed by atoms with Gasteiger partial charge in [-0.25, -0.2) is 8.78 Å². The number of hydrogen-bond acceptors (Lipinski definition) is 5. The zero-order valence-electron chi connectivity index (χ0n) is 14.4. The summed E-state index contributed by atoms with van der Waals surface area (Å²) in [5.74, 6) is -1.01. The molecule has 140 valence electrons. The summed E-state index contributed by atoms with van der Waals surface area (Å²) in [5.41, 5.74) is -0.0490. The summed E-state index contributed by atoms with van der Waals surface area (Å²) >= 11 is 1.23. The van der Waals surface area contributed by atoms with E-state index in [2.05, 4.69) is 15.5 Å². The number of hydrogen-bond donors (Lipinski definition) is 1. The molecule has 0 saturated carbocycles. The lowest BCUT2D eigenvalue weighted by atomic mass is 10.2. The molecule has 1 aliphatic heterocycles. The third kappa shape index (κ3) is 4.59. The first-order valence-corrected chi connectivity index (χ1v) is 9.46. The molecule has 0 bridgehead atoms. The van der Waals surface area contributed by atoms with Crippen LogP contribution in [-0.2, 0) is 22.5 Å². The molecule has 1 aromatic heterocycles. The molecule has 9 heteroatoms. The lowest BCUT2D eigenvalue weighted by Crippen LogP contribution is -2.19. The van der Waals surface area contributed by atoms with Gasteiger partial charge in [0.2, 0.25) is 5.91 Å². The second-order valence-corrected chi connectivity index (χ2v) is 6.90. The SMILES string of the molecule is CCc1nnc(SCC(=O)Nc2ccc(F)cc2F)n1CC1CCCO1. The fourth-order valence-electron chi connectivity index (χ4n) is 2.77. The smallest absolute Gasteiger partial charge is 0.234 e. The number of anilines is 1. The molecular formula is C17H20F2N4O2S. The number of rotatable bonds is 7. The number of nitrogens with zero attached hydrogens (tertiary/aromatic N) is 3. The van der Waals surface area contributed by atoms with E-state index in [1.54, 1.807) is 0 Å². The summed E-state index contributed by atoms with van der Waals surface area (Å²) in [5, 5.41) is 11.4. The molecular weight excluding hydrogens is 362 g/mol. The standard InChI is InChI=1S/C17H20F2N4O2S/c1-2-15-21-22-17(23(15)9-12-4-3-7-25-12)26-10-16(24)20-14-6-5-11(18)8-13(14)19/h5-6,8,12H,2-4,7,9-10H2,1H3,(H,20,24). The highest BCUT2D eigenvalue weighted by Crippen LogP contribution is 2.22. The number of nitrogens with one attached hydrogen (secondary N) is 1. The van der Waals surface area contributed by atoms with Gasteiger partial charge >= 0.3 is 0 Å². The van der Waals surface area contributed by atoms with Gasteiger partial charge in [0.25, 0.3) is 0 Å². The van der Waals surface area contributed by atoms with Crippen molar-refractivity contribution in [2.24, 2.45) is 0 Å². The van der Waals surface area contributed by atoms with E-state index in [0.29, 0.717) is 11.7 Å². The summed E-state index contributed by atoms with van der Waals surface area (Å²) in [6.45, 7) is 3.42. The average molecular weight is 382 g/mol. The van der Waals surface area contributed by atoms with E-state index in [0.717, 1.165) is 43.8 Å². The number of aromatic nitrogens is 3. The molecule has 1 aromatic carbocycles. The van der Waals surface area contributed by atoms with Gasteiger partial charge in [-0.2, -0.15) is 0 Å². The number of amides is 1. The van der Waals surface area contributed by atoms with Crippen molar-refractivity contribution in [1.82, 2.24) is 14.8 Å². The molecule has 0 spiro atoms. The molecule has 1 amide bonds. The van der Waals surface area contributed by atoms with E-state index in [9.17, 15) is 13.6 Å². The second kappa shape index (κ2) is 8.59. The first kappa shape index (κ1) is 18.8. The molecule has 0 aliphatic carbocycles. The van der Waals surface area contributed by atoms with E-state index >= 15 is 0 Å². The summed E-state index contributed by atoms with van der Waals surface area (Å²) in [7, 11) is 0. The Kier molecular flexibility index (Phi) is 6.20. The van der Waals surface area contributed by atoms with Crippen molar-refractivity contribution in [3.8, 4) is 0 Å². The minimum Gasteiger partial charge on any atom is -0.376 e. The van der Waals surface area contributed by atoms with Crippen LogP contribution in [0, 0.1) is 11.6 Å². The molecule has 1 atom stereocenters. The first-order valence-electron chi connectivity index (χ1n) is 8.48. The van der Waals surface area contributed by atoms with Crippen LogP contribution in [0.3, 0.4) is 0 Å². The number of ether oxygens (including phenoxy) is 1. The molecule has 1 saturated heterocycles. The van der Waals surface area contributed by atoms with Gasteiger partial charge in [-0.3, -0.25) is 4.79 Å². The van der Waals surface area contributed by atoms with Crippen LogP contribution in [0.1, 0.15) is 25.6 Å². The second-order valence-electron chi connectivity index (χ2n) is 5.96. The van der Waals surface area contributed by atoms with E-state index in [1.165, 1.54) is 17.8 Å². The number of aryl methyl sites for hydroxylation is 1. The molecule has 6 nitrogen and oxygen atoms in total. The van der Waals surface area contributed by atoms with Crippen molar-refractivity contribution in [1.29, 1.82) is 0 Å². The van der Waals surface area contributed by atoms with Crippen LogP contribution < -0.4 is 5.32 Å². The summed E-state index contributed by atoms with van der Waals surface area (Å²) in [6, 6.07) is 3.02. The van der Waals surface area contributed by atoms with E-state index in [1.807, 2.05) is 11.5 Å². The van der Waals surface area contributed by atoms with Crippen molar-refractivity contribution in [2.75, 3.05) is 17.7 Å². The highest BCUT2D eigenvalue weighted by Gasteiger charge is 2.21. The number of carbonyl (C=O) groups is 1. The largest absolute Gasteiger partial charge is 0.376 e. The Morgan fingerprint density at radius 1 is 1.42 bits per heavy atom. The van der Waals surface area contributed by atoms with E-state index in [4.69, 9.17) is 4.74 Å². The van der Waals surface area contributed by atoms with Crippen molar-refractivity contribution in [3.63, 3.8) is 0 Å². The van der Waals surface area contributed by atoms with Crippen LogP contribution in [0.2, 0.25) is 0 Å². The van der Waals surface area contributed by atoms with Gasteiger partial charge in [0.05, 0.1) is 24.1 Å². The van der Waals surface area contributed by atoms with Crippen LogP contribution in [0.4, 0.5) is 14.5 Å². The van der Waals surface area contributed by atoms with Crippen LogP contribution in [0.15, 0.2) is 23.4 Å². The summed E-state index contributed by atoms with van der Waals surface area (Å²) in [6.07, 6.45) is 2.91. The number of halogens is 2. The van der Waals surface area contributed by atoms with Crippen molar-refractivity contribution >= 4 is 23.4 Å². The molecule has 3 rings (SSSR count). The van der Waals surface area contributed by atoms with Crippen molar-refractivity contribution in [2.45, 2.75) is 44.0 Å². The fourth-order valence-corrected chi connectivity index (χ4v) is 3.54. The van der Waals surface area contributed by atoms with E-state index in [-0.39, 0.29) is 17.5 Å². The van der Waals surface area contributed by atoms with E-state index < -0.39 is 17.5 Å². The van der Waals surface area contributed by atoms with Gasteiger partial charge in [-0.1, -0.05) is 18.7 Å². The monoisotopic (exact) mass is 382 g/mol. The normalized spacial score (nSPS) is 16.8. The maximum Gasteiger partial charge on any atom is 0.234 e. The Labute approximate surface area is 154 Å². The van der Waals surface area contributed by atoms with Crippen LogP contribution in [0.25, 0.3) is 0 Å². The zero-order valence-corrected chi connectivity index (χ0v) is 15.2. The molecule has 0 radical (unpaired) electrons. The number of benzene rings is 1. The Morgan fingerprint density at radius 3 is 2.96 bits per heavy atom. The third-order valence-electron chi connectivity index (χ3n) is 4.06. The minimum atomic E-state index is -0.807. The lowest BCUT2D eigenvalue weighted by molar-refractivity contribution is -0.113. The van der Waals surface area contributed by atoms with Gasteiger partial charge in [-0.15, -0.1) is 10.2 Å².